The molecule has 0 bridgehead atoms. The van der Waals surface area contributed by atoms with Crippen molar-refractivity contribution in [3.63, 3.8) is 0 Å². The quantitative estimate of drug-likeness (QED) is 0.286. The molecule has 2 unspecified atom stereocenters. The van der Waals surface area contributed by atoms with Crippen LogP contribution in [0.4, 0.5) is 5.13 Å². The summed E-state index contributed by atoms with van der Waals surface area (Å²) in [6.45, 7) is 0. The van der Waals surface area contributed by atoms with Gasteiger partial charge in [-0.15, -0.1) is 0 Å². The van der Waals surface area contributed by atoms with Crippen LogP contribution in [0.1, 0.15) is 5.69 Å². The summed E-state index contributed by atoms with van der Waals surface area (Å²) in [6.07, 6.45) is 1.34. The van der Waals surface area contributed by atoms with E-state index in [1.807, 2.05) is 0 Å². The van der Waals surface area contributed by atoms with E-state index in [0.29, 0.717) is 3.79 Å². The second-order valence-corrected chi connectivity index (χ2v) is 9.01. The molecule has 2 amide bonds. The number of hydrogen-bond donors (Lipinski definition) is 3. The van der Waals surface area contributed by atoms with Crippen LogP contribution < -0.4 is 11.1 Å². The van der Waals surface area contributed by atoms with Crippen LogP contribution in [0.25, 0.3) is 0 Å². The predicted molar refractivity (Wildman–Crippen MR) is 104 cm³/mol. The highest BCUT2D eigenvalue weighted by Crippen LogP contribution is 2.41. The number of rotatable bonds is 6. The highest BCUT2D eigenvalue weighted by molar-refractivity contribution is 9.11. The number of halogens is 1. The molecular formula is C14H14BrN5O6S2. The molecule has 3 atom stereocenters. The van der Waals surface area contributed by atoms with Gasteiger partial charge in [-0.05, 0) is 22.0 Å². The van der Waals surface area contributed by atoms with E-state index in [9.17, 15) is 19.5 Å². The van der Waals surface area contributed by atoms with Gasteiger partial charge in [-0.25, -0.2) is 9.78 Å². The summed E-state index contributed by atoms with van der Waals surface area (Å²) >= 11 is 5.55. The number of aliphatic carboxylic acids is 1. The van der Waals surface area contributed by atoms with Gasteiger partial charge in [-0.2, -0.15) is 0 Å². The molecule has 1 saturated heterocycles. The lowest BCUT2D eigenvalue weighted by Crippen LogP contribution is -2.71. The molecule has 1 aromatic rings. The number of hydrogen-bond acceptors (Lipinski definition) is 10. The number of anilines is 1. The van der Waals surface area contributed by atoms with Crippen LogP contribution in [-0.2, 0) is 24.0 Å². The standard InChI is InChI=1S/C14H14BrN5O6S2/c1-25-5-3-4(13(23)24)20-11(22)8(12(20)27-5)17-10(21)7(19-26-2)6-9(15)28-14(16)18-6/h3,5,8,12H,1-2H3,(H2,16,18)(H,17,21)(H,23,24)/b19-7-/t5?,8?,12-/m1/s1. The average molecular weight is 492 g/mol. The number of aromatic nitrogens is 1. The van der Waals surface area contributed by atoms with E-state index in [1.165, 1.54) is 32.1 Å². The first kappa shape index (κ1) is 20.6. The average Bonchev–Trinajstić information content (AvgIpc) is 3.00. The van der Waals surface area contributed by atoms with Gasteiger partial charge in [-0.3, -0.25) is 14.5 Å². The number of oxime groups is 1. The van der Waals surface area contributed by atoms with Crippen LogP contribution in [-0.4, -0.2) is 69.6 Å². The first-order valence-electron chi connectivity index (χ1n) is 7.59. The molecular weight excluding hydrogens is 478 g/mol. The van der Waals surface area contributed by atoms with E-state index in [-0.39, 0.29) is 22.2 Å². The van der Waals surface area contributed by atoms with Gasteiger partial charge in [-0.1, -0.05) is 28.3 Å². The Morgan fingerprint density at radius 1 is 1.46 bits per heavy atom. The molecule has 4 N–H and O–H groups in total. The number of amides is 2. The number of nitrogens with one attached hydrogen (secondary N) is 1. The van der Waals surface area contributed by atoms with Crippen molar-refractivity contribution < 1.29 is 29.1 Å². The highest BCUT2D eigenvalue weighted by Gasteiger charge is 2.54. The Morgan fingerprint density at radius 2 is 2.18 bits per heavy atom. The maximum Gasteiger partial charge on any atom is 0.352 e. The number of fused-ring (bicyclic) bond motifs is 1. The summed E-state index contributed by atoms with van der Waals surface area (Å²) in [5, 5.41) is 15.1. The second kappa shape index (κ2) is 8.06. The smallest absolute Gasteiger partial charge is 0.352 e. The monoisotopic (exact) mass is 491 g/mol. The lowest BCUT2D eigenvalue weighted by molar-refractivity contribution is -0.150. The number of carbonyl (C=O) groups excluding carboxylic acids is 2. The molecule has 1 fully saturated rings. The molecule has 3 heterocycles. The highest BCUT2D eigenvalue weighted by atomic mass is 79.9. The Labute approximate surface area is 175 Å². The molecule has 2 aliphatic rings. The molecule has 150 valence electrons. The molecule has 1 aromatic heterocycles. The third-order valence-electron chi connectivity index (χ3n) is 3.83. The zero-order chi connectivity index (χ0) is 20.6. The van der Waals surface area contributed by atoms with Gasteiger partial charge in [0.2, 0.25) is 0 Å². The van der Waals surface area contributed by atoms with E-state index in [1.54, 1.807) is 0 Å². The number of nitrogen functional groups attached to an aromatic ring is 1. The van der Waals surface area contributed by atoms with Crippen LogP contribution in [0.2, 0.25) is 0 Å². The first-order chi connectivity index (χ1) is 13.3. The van der Waals surface area contributed by atoms with E-state index in [0.717, 1.165) is 16.2 Å². The lowest BCUT2D eigenvalue weighted by atomic mass is 10.0. The molecule has 11 nitrogen and oxygen atoms in total. The molecule has 0 saturated carbocycles. The van der Waals surface area contributed by atoms with Gasteiger partial charge < -0.3 is 25.7 Å². The van der Waals surface area contributed by atoms with E-state index in [4.69, 9.17) is 15.3 Å². The fourth-order valence-corrected chi connectivity index (χ4v) is 5.24. The SMILES string of the molecule is CO/N=C(\C(=O)NC1C(=O)N2C(C(=O)O)=CC(OC)S[C@H]12)c1nc(N)sc1Br. The van der Waals surface area contributed by atoms with Crippen LogP contribution >= 0.6 is 39.0 Å². The van der Waals surface area contributed by atoms with E-state index < -0.39 is 34.6 Å². The molecule has 0 aromatic carbocycles. The second-order valence-electron chi connectivity index (χ2n) is 5.44. The summed E-state index contributed by atoms with van der Waals surface area (Å²) in [6, 6.07) is -0.963. The minimum absolute atomic E-state index is 0.169. The predicted octanol–water partition coefficient (Wildman–Crippen LogP) is 0.179. The fraction of sp³-hybridized carbons (Fsp3) is 0.357. The molecule has 2 aliphatic heterocycles. The Balaban J connectivity index is 1.82. The summed E-state index contributed by atoms with van der Waals surface area (Å²) in [5.41, 5.74) is 4.88. The van der Waals surface area contributed by atoms with Crippen LogP contribution in [0.15, 0.2) is 20.7 Å². The molecule has 0 aliphatic carbocycles. The van der Waals surface area contributed by atoms with Gasteiger partial charge in [0.15, 0.2) is 10.8 Å². The number of carbonyl (C=O) groups is 3. The number of thiazole rings is 1. The first-order valence-corrected chi connectivity index (χ1v) is 10.1. The summed E-state index contributed by atoms with van der Waals surface area (Å²) < 4.78 is 5.66. The van der Waals surface area contributed by atoms with E-state index >= 15 is 0 Å². The Hall–Kier alpha value is -2.16. The maximum atomic E-state index is 12.7. The van der Waals surface area contributed by atoms with Gasteiger partial charge in [0, 0.05) is 7.11 Å². The summed E-state index contributed by atoms with van der Waals surface area (Å²) in [5.74, 6) is -2.52. The minimum Gasteiger partial charge on any atom is -0.477 e. The van der Waals surface area contributed by atoms with Gasteiger partial charge >= 0.3 is 5.97 Å². The Bertz CT molecular complexity index is 903. The van der Waals surface area contributed by atoms with Crippen molar-refractivity contribution in [2.45, 2.75) is 16.9 Å². The number of carboxylic acid groups (broad SMARTS) is 1. The summed E-state index contributed by atoms with van der Waals surface area (Å²) in [7, 11) is 2.68. The maximum absolute atomic E-state index is 12.7. The normalized spacial score (nSPS) is 24.2. The van der Waals surface area contributed by atoms with E-state index in [2.05, 4.69) is 31.4 Å². The van der Waals surface area contributed by atoms with Gasteiger partial charge in [0.05, 0.1) is 0 Å². The molecule has 3 rings (SSSR count). The fourth-order valence-electron chi connectivity index (χ4n) is 2.63. The number of carboxylic acids is 1. The number of nitrogens with two attached hydrogens (primary N) is 1. The van der Waals surface area contributed by atoms with Crippen molar-refractivity contribution in [3.05, 3.63) is 21.3 Å². The molecule has 28 heavy (non-hydrogen) atoms. The van der Waals surface area contributed by atoms with Crippen molar-refractivity contribution in [2.24, 2.45) is 5.16 Å². The Morgan fingerprint density at radius 3 is 2.71 bits per heavy atom. The van der Waals surface area contributed by atoms with Crippen molar-refractivity contribution >= 4 is 67.7 Å². The van der Waals surface area contributed by atoms with Crippen LogP contribution in [0.3, 0.4) is 0 Å². The number of nitrogens with zero attached hydrogens (tertiary/aromatic N) is 3. The van der Waals surface area contributed by atoms with Gasteiger partial charge in [0.1, 0.15) is 39.1 Å². The van der Waals surface area contributed by atoms with Crippen molar-refractivity contribution in [2.75, 3.05) is 20.0 Å². The third kappa shape index (κ3) is 3.59. The molecule has 0 spiro atoms. The number of ether oxygens (including phenoxy) is 1. The lowest BCUT2D eigenvalue weighted by Gasteiger charge is -2.49. The number of thioether (sulfide) groups is 1. The van der Waals surface area contributed by atoms with Crippen LogP contribution in [0.5, 0.6) is 0 Å². The Kier molecular flexibility index (Phi) is 5.92. The zero-order valence-electron chi connectivity index (χ0n) is 14.4. The van der Waals surface area contributed by atoms with Crippen molar-refractivity contribution in [1.29, 1.82) is 0 Å². The van der Waals surface area contributed by atoms with Crippen LogP contribution in [0, 0.1) is 0 Å². The minimum atomic E-state index is -1.26. The largest absolute Gasteiger partial charge is 0.477 e. The number of methoxy groups -OCH3 is 1. The third-order valence-corrected chi connectivity index (χ3v) is 6.73. The van der Waals surface area contributed by atoms with Crippen molar-refractivity contribution in [1.82, 2.24) is 15.2 Å². The molecule has 14 heteroatoms. The molecule has 0 radical (unpaired) electrons. The summed E-state index contributed by atoms with van der Waals surface area (Å²) in [4.78, 5) is 46.5. The van der Waals surface area contributed by atoms with Gasteiger partial charge in [0.25, 0.3) is 11.8 Å². The zero-order valence-corrected chi connectivity index (χ0v) is 17.6. The number of β-lactam (4-membered cyclic amide) rings is 1. The van der Waals surface area contributed by atoms with Crippen molar-refractivity contribution in [3.8, 4) is 0 Å². The topological polar surface area (TPSA) is 156 Å².